The molecule has 3 N–H and O–H groups in total. The number of aromatic hydroxyl groups is 1. The lowest BCUT2D eigenvalue weighted by molar-refractivity contribution is -0.155. The number of phenols is 1. The number of carbonyl (C=O) groups excluding carboxylic acids is 4. The van der Waals surface area contributed by atoms with Gasteiger partial charge in [-0.25, -0.2) is 5.43 Å². The number of nitrogens with one attached hydrogen (secondary N) is 2. The van der Waals surface area contributed by atoms with Gasteiger partial charge >= 0.3 is 5.97 Å². The number of benzene rings is 2. The van der Waals surface area contributed by atoms with E-state index in [0.29, 0.717) is 57.6 Å². The van der Waals surface area contributed by atoms with Gasteiger partial charge in [0.25, 0.3) is 5.91 Å². The van der Waals surface area contributed by atoms with Crippen LogP contribution in [0.5, 0.6) is 5.75 Å². The summed E-state index contributed by atoms with van der Waals surface area (Å²) in [6.45, 7) is 15.9. The summed E-state index contributed by atoms with van der Waals surface area (Å²) in [4.78, 5) is 66.2. The lowest BCUT2D eigenvalue weighted by Gasteiger charge is -2.38. The van der Waals surface area contributed by atoms with Crippen LogP contribution in [0.2, 0.25) is 0 Å². The molecule has 3 saturated heterocycles. The number of pyridine rings is 1. The third-order valence-corrected chi connectivity index (χ3v) is 14.1. The summed E-state index contributed by atoms with van der Waals surface area (Å²) in [5.41, 5.74) is 9.72. The lowest BCUT2D eigenvalue weighted by Crippen LogP contribution is -2.62. The van der Waals surface area contributed by atoms with Gasteiger partial charge < -0.3 is 34.1 Å². The molecular weight excluding hydrogens is 839 g/mol. The van der Waals surface area contributed by atoms with E-state index in [9.17, 15) is 24.3 Å². The topological polar surface area (TPSA) is 168 Å². The third-order valence-electron chi connectivity index (χ3n) is 14.1. The van der Waals surface area contributed by atoms with Crippen LogP contribution in [0.15, 0.2) is 54.7 Å². The molecule has 4 aliphatic rings. The molecular formula is C51H67N7O8. The number of likely N-dealkylation sites (N-methyl/N-ethyl adjacent to an activating group) is 1. The Morgan fingerprint density at radius 2 is 1.86 bits per heavy atom. The van der Waals surface area contributed by atoms with Crippen LogP contribution in [-0.2, 0) is 52.8 Å². The van der Waals surface area contributed by atoms with Gasteiger partial charge in [0.05, 0.1) is 43.2 Å². The van der Waals surface area contributed by atoms with Gasteiger partial charge in [0.1, 0.15) is 23.9 Å². The minimum Gasteiger partial charge on any atom is -0.508 e. The Labute approximate surface area is 388 Å². The van der Waals surface area contributed by atoms with E-state index in [2.05, 4.69) is 59.2 Å². The highest BCUT2D eigenvalue weighted by Crippen LogP contribution is 2.42. The average molecular weight is 906 g/mol. The Bertz CT molecular complexity index is 2470. The molecule has 2 aromatic heterocycles. The molecule has 66 heavy (non-hydrogen) atoms. The van der Waals surface area contributed by atoms with Crippen molar-refractivity contribution in [3.05, 3.63) is 71.5 Å². The van der Waals surface area contributed by atoms with Crippen molar-refractivity contribution < 1.29 is 38.5 Å². The number of amides is 3. The number of hydrazine groups is 1. The van der Waals surface area contributed by atoms with Crippen LogP contribution in [0.4, 0.5) is 0 Å². The van der Waals surface area contributed by atoms with E-state index in [1.165, 1.54) is 5.01 Å². The normalized spacial score (nSPS) is 23.5. The van der Waals surface area contributed by atoms with Gasteiger partial charge in [-0.1, -0.05) is 39.8 Å². The fourth-order valence-electron chi connectivity index (χ4n) is 10.7. The number of phenolic OH excluding ortho intramolecular Hbond substituents is 1. The molecule has 15 nitrogen and oxygen atoms in total. The minimum absolute atomic E-state index is 0.0119. The van der Waals surface area contributed by atoms with Gasteiger partial charge in [0.15, 0.2) is 0 Å². The van der Waals surface area contributed by atoms with Crippen molar-refractivity contribution in [3.8, 4) is 28.1 Å². The van der Waals surface area contributed by atoms with Crippen LogP contribution in [0, 0.1) is 17.3 Å². The van der Waals surface area contributed by atoms with E-state index in [1.54, 1.807) is 37.4 Å². The quantitative estimate of drug-likeness (QED) is 0.178. The van der Waals surface area contributed by atoms with Crippen molar-refractivity contribution in [1.82, 2.24) is 35.1 Å². The molecule has 3 fully saturated rings. The van der Waals surface area contributed by atoms with E-state index in [0.717, 1.165) is 57.6 Å². The molecule has 354 valence electrons. The van der Waals surface area contributed by atoms with E-state index >= 15 is 0 Å². The molecule has 0 radical (unpaired) electrons. The number of hydrogen-bond acceptors (Lipinski definition) is 11. The molecule has 15 heteroatoms. The number of aromatic nitrogens is 2. The zero-order valence-electron chi connectivity index (χ0n) is 39.8. The largest absolute Gasteiger partial charge is 0.508 e. The summed E-state index contributed by atoms with van der Waals surface area (Å²) in [7, 11) is 3.35. The van der Waals surface area contributed by atoms with Crippen LogP contribution in [0.1, 0.15) is 83.7 Å². The number of hydrogen-bond donors (Lipinski definition) is 3. The Morgan fingerprint density at radius 3 is 2.62 bits per heavy atom. The van der Waals surface area contributed by atoms with Gasteiger partial charge in [-0.3, -0.25) is 34.1 Å². The number of esters is 1. The van der Waals surface area contributed by atoms with Gasteiger partial charge in [-0.05, 0) is 111 Å². The molecule has 2 aromatic carbocycles. The minimum atomic E-state index is -1.12. The maximum absolute atomic E-state index is 14.8. The molecule has 6 heterocycles. The van der Waals surface area contributed by atoms with E-state index in [-0.39, 0.29) is 48.7 Å². The molecule has 4 aliphatic heterocycles. The maximum atomic E-state index is 14.8. The average Bonchev–Trinajstić information content (AvgIpc) is 3.87. The van der Waals surface area contributed by atoms with Crippen molar-refractivity contribution in [2.45, 2.75) is 110 Å². The van der Waals surface area contributed by atoms with Gasteiger partial charge in [-0.2, -0.15) is 0 Å². The summed E-state index contributed by atoms with van der Waals surface area (Å²) in [6, 6.07) is 12.8. The summed E-state index contributed by atoms with van der Waals surface area (Å²) in [5, 5.41) is 16.8. The molecule has 0 spiro atoms. The second kappa shape index (κ2) is 19.5. The van der Waals surface area contributed by atoms with Gasteiger partial charge in [0, 0.05) is 74.3 Å². The summed E-state index contributed by atoms with van der Waals surface area (Å²) >= 11 is 0. The summed E-state index contributed by atoms with van der Waals surface area (Å²) in [6.07, 6.45) is 3.77. The van der Waals surface area contributed by atoms with E-state index < -0.39 is 41.3 Å². The zero-order valence-corrected chi connectivity index (χ0v) is 39.8. The monoisotopic (exact) mass is 906 g/mol. The molecule has 4 aromatic rings. The first-order chi connectivity index (χ1) is 31.6. The number of aryl methyl sites for hydroxylation is 1. The number of rotatable bonds is 9. The number of fused-ring (bicyclic) bond motifs is 7. The van der Waals surface area contributed by atoms with Crippen molar-refractivity contribution in [3.63, 3.8) is 0 Å². The van der Waals surface area contributed by atoms with Crippen LogP contribution in [0.25, 0.3) is 33.3 Å². The van der Waals surface area contributed by atoms with E-state index in [4.69, 9.17) is 19.2 Å². The Hall–Kier alpha value is -5.35. The van der Waals surface area contributed by atoms with Crippen molar-refractivity contribution in [2.75, 3.05) is 53.6 Å². The zero-order chi connectivity index (χ0) is 47.0. The number of nitrogens with zero attached hydrogens (tertiary/aromatic N) is 5. The van der Waals surface area contributed by atoms with E-state index in [1.807, 2.05) is 39.0 Å². The number of morpholine rings is 1. The maximum Gasteiger partial charge on any atom is 0.324 e. The number of cyclic esters (lactones) is 1. The predicted octanol–water partition coefficient (Wildman–Crippen LogP) is 5.66. The van der Waals surface area contributed by atoms with Crippen LogP contribution in [-0.4, -0.2) is 131 Å². The second-order valence-corrected chi connectivity index (χ2v) is 19.7. The molecule has 0 saturated carbocycles. The molecule has 6 atom stereocenters. The Balaban J connectivity index is 1.20. The van der Waals surface area contributed by atoms with Crippen LogP contribution >= 0.6 is 0 Å². The SMILES string of the molecule is CCn1c(-c2cccnc2[C@H](C)OC)c2c3cc(ccc31)-c1cc(O)cc(c1)C[C@H](NC(=O)[C@H](C(C)C)N(C)C(=O)C1CCN3CCOCC13)C(=O)N1CCC[C@H](N1)C(=O)OCC(C)(C)C2. The second-order valence-electron chi connectivity index (χ2n) is 19.7. The van der Waals surface area contributed by atoms with Crippen molar-refractivity contribution in [1.29, 1.82) is 0 Å². The first kappa shape index (κ1) is 47.2. The van der Waals surface area contributed by atoms with Gasteiger partial charge in [-0.15, -0.1) is 0 Å². The number of ether oxygens (including phenoxy) is 3. The fourth-order valence-corrected chi connectivity index (χ4v) is 10.7. The van der Waals surface area contributed by atoms with Crippen LogP contribution in [0.3, 0.4) is 0 Å². The first-order valence-electron chi connectivity index (χ1n) is 23.7. The highest BCUT2D eigenvalue weighted by molar-refractivity contribution is 5.96. The fraction of sp³-hybridized carbons (Fsp3) is 0.549. The van der Waals surface area contributed by atoms with Gasteiger partial charge in [0.2, 0.25) is 11.8 Å². The molecule has 3 amide bonds. The highest BCUT2D eigenvalue weighted by atomic mass is 16.5. The van der Waals surface area contributed by atoms with Crippen LogP contribution < -0.4 is 10.7 Å². The highest BCUT2D eigenvalue weighted by Gasteiger charge is 2.44. The third kappa shape index (κ3) is 9.45. The predicted molar refractivity (Wildman–Crippen MR) is 251 cm³/mol. The molecule has 0 aliphatic carbocycles. The Kier molecular flexibility index (Phi) is 13.9. The number of carbonyl (C=O) groups is 4. The summed E-state index contributed by atoms with van der Waals surface area (Å²) < 4.78 is 20.0. The lowest BCUT2D eigenvalue weighted by atomic mass is 9.84. The Morgan fingerprint density at radius 1 is 1.06 bits per heavy atom. The molecule has 8 rings (SSSR count). The molecule has 2 unspecified atom stereocenters. The first-order valence-corrected chi connectivity index (χ1v) is 23.7. The standard InChI is InChI=1S/C51H67N7O8/c1-9-57-42-15-14-33-26-38(42)39(46(57)37-12-10-17-52-44(37)31(4)64-8)27-51(5,6)29-66-50(63)40-13-11-18-58(54-40)49(62)41(24-32-22-34(33)25-35(59)23-32)53-47(60)45(30(2)3)55(7)48(61)36-16-19-56-20-21-65-28-43(36)56/h10,12,14-15,17,22-23,25-26,30-31,36,40-41,43,45,54,59H,9,11,13,16,18-21,24,27-29H2,1-8H3,(H,53,60)/t31-,36?,40-,41-,43?,45-/m0/s1. The van der Waals surface area contributed by atoms with Crippen molar-refractivity contribution in [2.24, 2.45) is 17.3 Å². The van der Waals surface area contributed by atoms with Crippen molar-refractivity contribution >= 4 is 34.6 Å². The molecule has 6 bridgehead atoms. The number of methoxy groups -OCH3 is 1. The summed E-state index contributed by atoms with van der Waals surface area (Å²) in [5.74, 6) is -2.06. The smallest absolute Gasteiger partial charge is 0.324 e.